The van der Waals surface area contributed by atoms with E-state index in [4.69, 9.17) is 4.74 Å². The highest BCUT2D eigenvalue weighted by molar-refractivity contribution is 5.94. The van der Waals surface area contributed by atoms with Gasteiger partial charge in [0.15, 0.2) is 0 Å². The summed E-state index contributed by atoms with van der Waals surface area (Å²) in [6.45, 7) is 3.17. The molecule has 3 fully saturated rings. The Hall–Kier alpha value is -2.75. The Morgan fingerprint density at radius 3 is 2.32 bits per heavy atom. The van der Waals surface area contributed by atoms with E-state index in [9.17, 15) is 22.4 Å². The molecule has 2 aliphatic heterocycles. The van der Waals surface area contributed by atoms with Crippen LogP contribution < -0.4 is 4.74 Å². The normalized spacial score (nSPS) is 20.7. The van der Waals surface area contributed by atoms with Crippen LogP contribution in [0, 0.1) is 17.2 Å². The molecule has 6 nitrogen and oxygen atoms in total. The first-order valence-electron chi connectivity index (χ1n) is 13.6. The maximum Gasteiger partial charge on any atom is 0.395 e. The maximum absolute atomic E-state index is 14.8. The van der Waals surface area contributed by atoms with Gasteiger partial charge in [-0.25, -0.2) is 14.4 Å². The zero-order valence-corrected chi connectivity index (χ0v) is 21.5. The lowest BCUT2D eigenvalue weighted by Crippen LogP contribution is -2.53. The molecule has 3 aliphatic rings. The van der Waals surface area contributed by atoms with Crippen molar-refractivity contribution in [3.63, 3.8) is 0 Å². The summed E-state index contributed by atoms with van der Waals surface area (Å²) in [5.41, 5.74) is -0.589. The number of rotatable bonds is 7. The average molecular weight is 535 g/mol. The number of nitrogens with zero attached hydrogens (tertiary/aromatic N) is 4. The second-order valence-corrected chi connectivity index (χ2v) is 10.9. The minimum Gasteiger partial charge on any atom is -0.476 e. The molecule has 0 atom stereocenters. The number of hydrogen-bond donors (Lipinski definition) is 0. The number of benzene rings is 1. The smallest absolute Gasteiger partial charge is 0.395 e. The number of likely N-dealkylation sites (tertiary alicyclic amines) is 2. The van der Waals surface area contributed by atoms with Gasteiger partial charge in [-0.15, -0.1) is 0 Å². The number of carbonyl (C=O) groups excluding carboxylic acids is 1. The van der Waals surface area contributed by atoms with Crippen LogP contribution in [0.4, 0.5) is 17.6 Å². The van der Waals surface area contributed by atoms with Gasteiger partial charge in [-0.2, -0.15) is 13.2 Å². The van der Waals surface area contributed by atoms with Crippen LogP contribution in [0.5, 0.6) is 5.88 Å². The van der Waals surface area contributed by atoms with Gasteiger partial charge in [-0.3, -0.25) is 4.79 Å². The van der Waals surface area contributed by atoms with E-state index >= 15 is 0 Å². The van der Waals surface area contributed by atoms with Gasteiger partial charge in [0.1, 0.15) is 5.82 Å². The molecule has 0 spiro atoms. The average Bonchev–Trinajstić information content (AvgIpc) is 2.90. The van der Waals surface area contributed by atoms with Gasteiger partial charge in [-0.05, 0) is 82.2 Å². The SMILES string of the molecule is O=C(c1ccc(-c2cnc(OCC3CCN(CC4(C(F)(F)F)CCC4)CC3)cn2)c(F)c1)N1CCCCC1. The van der Waals surface area contributed by atoms with Crippen molar-refractivity contribution in [2.24, 2.45) is 11.3 Å². The number of halogens is 4. The van der Waals surface area contributed by atoms with Crippen molar-refractivity contribution in [3.8, 4) is 17.1 Å². The molecule has 0 unspecified atom stereocenters. The number of ether oxygens (including phenoxy) is 1. The van der Waals surface area contributed by atoms with Gasteiger partial charge in [0, 0.05) is 30.8 Å². The van der Waals surface area contributed by atoms with Crippen LogP contribution >= 0.6 is 0 Å². The van der Waals surface area contributed by atoms with Crippen LogP contribution in [0.1, 0.15) is 61.7 Å². The van der Waals surface area contributed by atoms with E-state index < -0.39 is 17.4 Å². The molecule has 0 radical (unpaired) electrons. The Morgan fingerprint density at radius 2 is 1.74 bits per heavy atom. The molecule has 2 aromatic rings. The molecule has 0 bridgehead atoms. The van der Waals surface area contributed by atoms with Gasteiger partial charge < -0.3 is 14.5 Å². The molecule has 1 aromatic carbocycles. The van der Waals surface area contributed by atoms with Crippen molar-refractivity contribution < 1.29 is 27.1 Å². The Kier molecular flexibility index (Phi) is 7.88. The van der Waals surface area contributed by atoms with E-state index in [1.807, 2.05) is 4.90 Å². The van der Waals surface area contributed by atoms with Crippen LogP contribution in [0.25, 0.3) is 11.3 Å². The molecule has 1 saturated carbocycles. The summed E-state index contributed by atoms with van der Waals surface area (Å²) in [7, 11) is 0. The highest BCUT2D eigenvalue weighted by Gasteiger charge is 2.58. The van der Waals surface area contributed by atoms with E-state index in [0.29, 0.717) is 56.3 Å². The molecule has 1 aromatic heterocycles. The first-order chi connectivity index (χ1) is 18.2. The van der Waals surface area contributed by atoms with E-state index in [1.54, 1.807) is 17.0 Å². The molecule has 2 saturated heterocycles. The Balaban J connectivity index is 1.11. The standard InChI is InChI=1S/C28H34F4N4O2/c29-23-15-21(26(37)36-11-2-1-3-12-36)5-6-22(23)24-16-34-25(17-33-24)38-18-20-7-13-35(14-8-20)19-27(9-4-10-27)28(30,31)32/h5-6,15-17,20H,1-4,7-14,18-19H2. The van der Waals surface area contributed by atoms with Crippen LogP contribution in [0.3, 0.4) is 0 Å². The third-order valence-electron chi connectivity index (χ3n) is 8.38. The minimum absolute atomic E-state index is 0.0982. The number of aromatic nitrogens is 2. The fraction of sp³-hybridized carbons (Fsp3) is 0.607. The number of alkyl halides is 3. The van der Waals surface area contributed by atoms with Gasteiger partial charge in [0.05, 0.1) is 30.1 Å². The third kappa shape index (κ3) is 5.80. The first kappa shape index (κ1) is 26.8. The fourth-order valence-electron chi connectivity index (χ4n) is 5.74. The zero-order chi connectivity index (χ0) is 26.8. The summed E-state index contributed by atoms with van der Waals surface area (Å²) in [4.78, 5) is 24.9. The lowest BCUT2D eigenvalue weighted by molar-refractivity contribution is -0.256. The molecule has 5 rings (SSSR count). The van der Waals surface area contributed by atoms with Gasteiger partial charge in [-0.1, -0.05) is 6.42 Å². The number of hydrogen-bond acceptors (Lipinski definition) is 5. The van der Waals surface area contributed by atoms with Crippen LogP contribution in [-0.2, 0) is 0 Å². The maximum atomic E-state index is 14.8. The van der Waals surface area contributed by atoms with Crippen LogP contribution in [0.2, 0.25) is 0 Å². The fourth-order valence-corrected chi connectivity index (χ4v) is 5.74. The Labute approximate surface area is 220 Å². The molecular formula is C28H34F4N4O2. The number of carbonyl (C=O) groups is 1. The highest BCUT2D eigenvalue weighted by Crippen LogP contribution is 2.53. The van der Waals surface area contributed by atoms with Gasteiger partial charge in [0.25, 0.3) is 5.91 Å². The molecular weight excluding hydrogens is 500 g/mol. The zero-order valence-electron chi connectivity index (χ0n) is 21.5. The molecule has 10 heteroatoms. The lowest BCUT2D eigenvalue weighted by Gasteiger charge is -2.47. The van der Waals surface area contributed by atoms with Crippen molar-refractivity contribution in [1.82, 2.24) is 19.8 Å². The quantitative estimate of drug-likeness (QED) is 0.425. The molecule has 38 heavy (non-hydrogen) atoms. The molecule has 0 N–H and O–H groups in total. The topological polar surface area (TPSA) is 58.6 Å². The molecule has 1 aliphatic carbocycles. The highest BCUT2D eigenvalue weighted by atomic mass is 19.4. The first-order valence-corrected chi connectivity index (χ1v) is 13.6. The van der Waals surface area contributed by atoms with Gasteiger partial charge >= 0.3 is 6.18 Å². The summed E-state index contributed by atoms with van der Waals surface area (Å²) in [6, 6.07) is 4.43. The summed E-state index contributed by atoms with van der Waals surface area (Å²) < 4.78 is 61.1. The second kappa shape index (κ2) is 11.2. The predicted molar refractivity (Wildman–Crippen MR) is 134 cm³/mol. The van der Waals surface area contributed by atoms with Crippen molar-refractivity contribution >= 4 is 5.91 Å². The second-order valence-electron chi connectivity index (χ2n) is 10.9. The number of piperidine rings is 2. The van der Waals surface area contributed by atoms with E-state index in [-0.39, 0.29) is 36.8 Å². The Bertz CT molecular complexity index is 1110. The Morgan fingerprint density at radius 1 is 1.00 bits per heavy atom. The minimum atomic E-state index is -4.13. The van der Waals surface area contributed by atoms with E-state index in [2.05, 4.69) is 9.97 Å². The van der Waals surface area contributed by atoms with Crippen LogP contribution in [0.15, 0.2) is 30.6 Å². The van der Waals surface area contributed by atoms with Crippen LogP contribution in [-0.4, -0.2) is 71.2 Å². The van der Waals surface area contributed by atoms with E-state index in [0.717, 1.165) is 32.1 Å². The monoisotopic (exact) mass is 534 g/mol. The summed E-state index contributed by atoms with van der Waals surface area (Å²) in [5, 5.41) is 0. The van der Waals surface area contributed by atoms with Crippen molar-refractivity contribution in [2.75, 3.05) is 39.3 Å². The van der Waals surface area contributed by atoms with Gasteiger partial charge in [0.2, 0.25) is 5.88 Å². The lowest BCUT2D eigenvalue weighted by atomic mass is 9.67. The van der Waals surface area contributed by atoms with Crippen molar-refractivity contribution in [1.29, 1.82) is 0 Å². The summed E-state index contributed by atoms with van der Waals surface area (Å²) in [6.07, 6.45) is 4.47. The number of amides is 1. The molecule has 1 amide bonds. The summed E-state index contributed by atoms with van der Waals surface area (Å²) in [5.74, 6) is -0.132. The van der Waals surface area contributed by atoms with Crippen molar-refractivity contribution in [3.05, 3.63) is 42.0 Å². The van der Waals surface area contributed by atoms with Crippen molar-refractivity contribution in [2.45, 2.75) is 57.5 Å². The summed E-state index contributed by atoms with van der Waals surface area (Å²) >= 11 is 0. The molecule has 206 valence electrons. The largest absolute Gasteiger partial charge is 0.476 e. The van der Waals surface area contributed by atoms with E-state index in [1.165, 1.54) is 18.5 Å². The molecule has 3 heterocycles. The third-order valence-corrected chi connectivity index (χ3v) is 8.38. The predicted octanol–water partition coefficient (Wildman–Crippen LogP) is 5.73.